The second-order valence-corrected chi connectivity index (χ2v) is 3.62. The molecule has 0 aromatic rings. The predicted molar refractivity (Wildman–Crippen MR) is 35.1 cm³/mol. The molecule has 2 bridgehead atoms. The molecule has 2 fully saturated rings. The van der Waals surface area contributed by atoms with Crippen molar-refractivity contribution >= 4 is 0 Å². The average molecular weight is 127 g/mol. The van der Waals surface area contributed by atoms with Crippen LogP contribution in [0.1, 0.15) is 19.8 Å². The molecule has 0 aromatic carbocycles. The van der Waals surface area contributed by atoms with Crippen LogP contribution in [-0.4, -0.2) is 23.3 Å². The first-order valence-corrected chi connectivity index (χ1v) is 3.64. The lowest BCUT2D eigenvalue weighted by Crippen LogP contribution is -2.45. The summed E-state index contributed by atoms with van der Waals surface area (Å²) >= 11 is 0. The molecule has 2 N–H and O–H groups in total. The van der Waals surface area contributed by atoms with Crippen molar-refractivity contribution in [3.63, 3.8) is 0 Å². The molecule has 52 valence electrons. The summed E-state index contributed by atoms with van der Waals surface area (Å²) < 4.78 is 0. The summed E-state index contributed by atoms with van der Waals surface area (Å²) in [5.41, 5.74) is -0.400. The van der Waals surface area contributed by atoms with Gasteiger partial charge in [-0.25, -0.2) is 0 Å². The highest BCUT2D eigenvalue weighted by Crippen LogP contribution is 2.38. The Balaban J connectivity index is 2.18. The summed E-state index contributed by atoms with van der Waals surface area (Å²) in [6, 6.07) is 0.391. The fourth-order valence-corrected chi connectivity index (χ4v) is 2.16. The van der Waals surface area contributed by atoms with Crippen LogP contribution in [-0.2, 0) is 0 Å². The van der Waals surface area contributed by atoms with Crippen LogP contribution < -0.4 is 5.32 Å². The van der Waals surface area contributed by atoms with Crippen LogP contribution in [0.3, 0.4) is 0 Å². The van der Waals surface area contributed by atoms with E-state index in [1.807, 2.05) is 6.92 Å². The van der Waals surface area contributed by atoms with Crippen LogP contribution in [0.15, 0.2) is 0 Å². The molecule has 0 aromatic heterocycles. The number of rotatable bonds is 0. The molecule has 3 atom stereocenters. The summed E-state index contributed by atoms with van der Waals surface area (Å²) in [6.45, 7) is 3.06. The monoisotopic (exact) mass is 127 g/mol. The number of hydrogen-bond donors (Lipinski definition) is 2. The largest absolute Gasteiger partial charge is 0.389 e. The molecule has 2 rings (SSSR count). The maximum absolute atomic E-state index is 9.62. The number of piperidine rings is 1. The molecule has 2 aliphatic rings. The predicted octanol–water partition coefficient (Wildman–Crippen LogP) is 0.119. The molecular formula is C7H13NO. The Morgan fingerprint density at radius 1 is 1.67 bits per heavy atom. The van der Waals surface area contributed by atoms with Gasteiger partial charge in [0.05, 0.1) is 5.60 Å². The lowest BCUT2D eigenvalue weighted by Gasteiger charge is -2.28. The van der Waals surface area contributed by atoms with Crippen LogP contribution >= 0.6 is 0 Å². The lowest BCUT2D eigenvalue weighted by atomic mass is 9.97. The summed E-state index contributed by atoms with van der Waals surface area (Å²) in [7, 11) is 0. The number of aliphatic hydroxyl groups is 1. The highest BCUT2D eigenvalue weighted by molar-refractivity contribution is 5.03. The smallest absolute Gasteiger partial charge is 0.0775 e. The minimum atomic E-state index is -0.400. The maximum atomic E-state index is 9.62. The third-order valence-electron chi connectivity index (χ3n) is 2.67. The minimum absolute atomic E-state index is 0.391. The molecule has 2 heteroatoms. The van der Waals surface area contributed by atoms with Crippen molar-refractivity contribution in [1.29, 1.82) is 0 Å². The van der Waals surface area contributed by atoms with Gasteiger partial charge in [0.15, 0.2) is 0 Å². The second-order valence-electron chi connectivity index (χ2n) is 3.62. The number of fused-ring (bicyclic) bond motifs is 2. The van der Waals surface area contributed by atoms with Gasteiger partial charge >= 0.3 is 0 Å². The zero-order chi connectivity index (χ0) is 6.48. The van der Waals surface area contributed by atoms with Gasteiger partial charge in [-0.3, -0.25) is 0 Å². The van der Waals surface area contributed by atoms with E-state index < -0.39 is 5.60 Å². The van der Waals surface area contributed by atoms with Crippen LogP contribution in [0, 0.1) is 5.92 Å². The molecule has 2 nitrogen and oxygen atoms in total. The van der Waals surface area contributed by atoms with E-state index in [-0.39, 0.29) is 0 Å². The molecule has 0 amide bonds. The fourth-order valence-electron chi connectivity index (χ4n) is 2.16. The van der Waals surface area contributed by atoms with Crippen LogP contribution in [0.5, 0.6) is 0 Å². The van der Waals surface area contributed by atoms with Crippen molar-refractivity contribution in [1.82, 2.24) is 5.32 Å². The molecule has 1 saturated carbocycles. The average Bonchev–Trinajstić information content (AvgIpc) is 2.19. The summed E-state index contributed by atoms with van der Waals surface area (Å²) in [5, 5.41) is 12.9. The summed E-state index contributed by atoms with van der Waals surface area (Å²) in [4.78, 5) is 0. The molecule has 1 heterocycles. The Labute approximate surface area is 55.3 Å². The van der Waals surface area contributed by atoms with Crippen molar-refractivity contribution in [2.24, 2.45) is 5.92 Å². The van der Waals surface area contributed by atoms with Crippen molar-refractivity contribution in [3.05, 3.63) is 0 Å². The van der Waals surface area contributed by atoms with Gasteiger partial charge < -0.3 is 10.4 Å². The third-order valence-corrected chi connectivity index (χ3v) is 2.67. The Bertz CT molecular complexity index is 133. The molecule has 1 aliphatic carbocycles. The fraction of sp³-hybridized carbons (Fsp3) is 1.00. The highest BCUT2D eigenvalue weighted by atomic mass is 16.3. The zero-order valence-corrected chi connectivity index (χ0v) is 5.72. The van der Waals surface area contributed by atoms with Crippen LogP contribution in [0.2, 0.25) is 0 Å². The maximum Gasteiger partial charge on any atom is 0.0775 e. The van der Waals surface area contributed by atoms with E-state index in [2.05, 4.69) is 5.32 Å². The van der Waals surface area contributed by atoms with E-state index in [1.165, 1.54) is 6.42 Å². The van der Waals surface area contributed by atoms with Crippen molar-refractivity contribution in [3.8, 4) is 0 Å². The van der Waals surface area contributed by atoms with E-state index in [0.29, 0.717) is 6.04 Å². The second kappa shape index (κ2) is 1.50. The Kier molecular flexibility index (Phi) is 0.945. The minimum Gasteiger partial charge on any atom is -0.389 e. The third kappa shape index (κ3) is 0.700. The lowest BCUT2D eigenvalue weighted by molar-refractivity contribution is 0.0258. The van der Waals surface area contributed by atoms with Crippen molar-refractivity contribution < 1.29 is 5.11 Å². The quantitative estimate of drug-likeness (QED) is 0.484. The molecule has 0 radical (unpaired) electrons. The van der Waals surface area contributed by atoms with E-state index in [9.17, 15) is 5.11 Å². The van der Waals surface area contributed by atoms with Crippen molar-refractivity contribution in [2.75, 3.05) is 6.54 Å². The van der Waals surface area contributed by atoms with E-state index in [0.717, 1.165) is 18.9 Å². The Morgan fingerprint density at radius 3 is 2.67 bits per heavy atom. The zero-order valence-electron chi connectivity index (χ0n) is 5.72. The first-order chi connectivity index (χ1) is 4.18. The normalized spacial score (nSPS) is 56.7. The molecule has 3 unspecified atom stereocenters. The van der Waals surface area contributed by atoms with Crippen LogP contribution in [0.4, 0.5) is 0 Å². The first-order valence-electron chi connectivity index (χ1n) is 3.64. The standard InChI is InChI=1S/C7H13NO/c1-7(9)3-5-2-6(7)8-4-5/h5-6,8-9H,2-4H2,1H3. The Morgan fingerprint density at radius 2 is 2.44 bits per heavy atom. The molecule has 0 spiro atoms. The van der Waals surface area contributed by atoms with Gasteiger partial charge in [-0.2, -0.15) is 0 Å². The van der Waals surface area contributed by atoms with Crippen LogP contribution in [0.25, 0.3) is 0 Å². The van der Waals surface area contributed by atoms with Gasteiger partial charge in [0, 0.05) is 6.04 Å². The Hall–Kier alpha value is -0.0800. The topological polar surface area (TPSA) is 32.3 Å². The van der Waals surface area contributed by atoms with E-state index in [4.69, 9.17) is 0 Å². The molecule has 1 aliphatic heterocycles. The highest BCUT2D eigenvalue weighted by Gasteiger charge is 2.46. The van der Waals surface area contributed by atoms with Gasteiger partial charge in [0.1, 0.15) is 0 Å². The summed E-state index contributed by atoms with van der Waals surface area (Å²) in [6.07, 6.45) is 2.19. The van der Waals surface area contributed by atoms with Gasteiger partial charge in [-0.1, -0.05) is 0 Å². The SMILES string of the molecule is CC1(O)CC2CNC1C2. The number of nitrogens with one attached hydrogen (secondary N) is 1. The van der Waals surface area contributed by atoms with Gasteiger partial charge in [0.2, 0.25) is 0 Å². The summed E-state index contributed by atoms with van der Waals surface area (Å²) in [5.74, 6) is 0.755. The van der Waals surface area contributed by atoms with Gasteiger partial charge in [-0.05, 0) is 32.2 Å². The first kappa shape index (κ1) is 5.69. The molecule has 1 saturated heterocycles. The van der Waals surface area contributed by atoms with E-state index >= 15 is 0 Å². The molecule has 9 heavy (non-hydrogen) atoms. The van der Waals surface area contributed by atoms with E-state index in [1.54, 1.807) is 0 Å². The van der Waals surface area contributed by atoms with Gasteiger partial charge in [-0.15, -0.1) is 0 Å². The number of hydrogen-bond acceptors (Lipinski definition) is 2. The van der Waals surface area contributed by atoms with Gasteiger partial charge in [0.25, 0.3) is 0 Å². The molecular weight excluding hydrogens is 114 g/mol. The van der Waals surface area contributed by atoms with Crippen molar-refractivity contribution in [2.45, 2.75) is 31.4 Å².